The highest BCUT2D eigenvalue weighted by molar-refractivity contribution is 5.79. The predicted molar refractivity (Wildman–Crippen MR) is 64.6 cm³/mol. The molecule has 1 heterocycles. The summed E-state index contributed by atoms with van der Waals surface area (Å²) in [4.78, 5) is 6.31. The van der Waals surface area contributed by atoms with E-state index in [2.05, 4.69) is 22.4 Å². The zero-order valence-corrected chi connectivity index (χ0v) is 10.1. The van der Waals surface area contributed by atoms with Crippen molar-refractivity contribution in [2.75, 3.05) is 13.6 Å². The van der Waals surface area contributed by atoms with Gasteiger partial charge < -0.3 is 4.90 Å². The summed E-state index contributed by atoms with van der Waals surface area (Å²) >= 11 is 0. The molecule has 0 saturated carbocycles. The van der Waals surface area contributed by atoms with Crippen molar-refractivity contribution in [3.8, 4) is 0 Å². The Bertz CT molecular complexity index is 343. The molecule has 0 fully saturated rings. The van der Waals surface area contributed by atoms with Crippen molar-refractivity contribution < 1.29 is 0 Å². The van der Waals surface area contributed by atoms with E-state index in [4.69, 9.17) is 5.84 Å². The molecule has 6 nitrogen and oxygen atoms in total. The molecule has 0 radical (unpaired) electrons. The van der Waals surface area contributed by atoms with Gasteiger partial charge >= 0.3 is 0 Å². The number of nitrogens with two attached hydrogens (primary N) is 1. The van der Waals surface area contributed by atoms with Gasteiger partial charge in [0, 0.05) is 38.9 Å². The Kier molecular flexibility index (Phi) is 4.78. The molecule has 0 aliphatic rings. The number of aliphatic imine (C=N–C) groups is 1. The molecule has 0 amide bonds. The van der Waals surface area contributed by atoms with Crippen LogP contribution >= 0.6 is 0 Å². The van der Waals surface area contributed by atoms with Crippen LogP contribution in [0.2, 0.25) is 0 Å². The minimum Gasteiger partial charge on any atom is -0.341 e. The lowest BCUT2D eigenvalue weighted by molar-refractivity contribution is 0.476. The van der Waals surface area contributed by atoms with E-state index >= 15 is 0 Å². The number of nitrogens with one attached hydrogen (secondary N) is 1. The summed E-state index contributed by atoms with van der Waals surface area (Å²) in [5.41, 5.74) is 3.74. The van der Waals surface area contributed by atoms with Crippen LogP contribution < -0.4 is 11.3 Å². The smallest absolute Gasteiger partial charge is 0.208 e. The van der Waals surface area contributed by atoms with Crippen molar-refractivity contribution in [2.45, 2.75) is 19.9 Å². The van der Waals surface area contributed by atoms with Gasteiger partial charge in [0.15, 0.2) is 0 Å². The average molecular weight is 224 g/mol. The fourth-order valence-corrected chi connectivity index (χ4v) is 1.40. The quantitative estimate of drug-likeness (QED) is 0.329. The van der Waals surface area contributed by atoms with Crippen molar-refractivity contribution in [3.05, 3.63) is 18.0 Å². The number of hydrazine groups is 1. The van der Waals surface area contributed by atoms with Crippen LogP contribution in [0.5, 0.6) is 0 Å². The fourth-order valence-electron chi connectivity index (χ4n) is 1.40. The van der Waals surface area contributed by atoms with Crippen molar-refractivity contribution in [1.82, 2.24) is 20.1 Å². The van der Waals surface area contributed by atoms with E-state index in [0.717, 1.165) is 25.1 Å². The summed E-state index contributed by atoms with van der Waals surface area (Å²) in [6, 6.07) is 0. The molecule has 0 spiro atoms. The van der Waals surface area contributed by atoms with Crippen LogP contribution in [-0.4, -0.2) is 34.2 Å². The van der Waals surface area contributed by atoms with Gasteiger partial charge in [-0.1, -0.05) is 6.92 Å². The van der Waals surface area contributed by atoms with Crippen molar-refractivity contribution in [1.29, 1.82) is 0 Å². The molecule has 16 heavy (non-hydrogen) atoms. The molecule has 0 aliphatic heterocycles. The minimum absolute atomic E-state index is 0.700. The molecule has 0 atom stereocenters. The number of rotatable bonds is 4. The van der Waals surface area contributed by atoms with Crippen molar-refractivity contribution in [3.63, 3.8) is 0 Å². The van der Waals surface area contributed by atoms with Crippen LogP contribution in [-0.2, 0) is 13.6 Å². The minimum atomic E-state index is 0.700. The van der Waals surface area contributed by atoms with Crippen molar-refractivity contribution in [2.24, 2.45) is 17.9 Å². The zero-order valence-electron chi connectivity index (χ0n) is 10.1. The van der Waals surface area contributed by atoms with E-state index in [1.165, 1.54) is 0 Å². The van der Waals surface area contributed by atoms with Crippen LogP contribution in [0.1, 0.15) is 18.9 Å². The molecule has 1 aromatic heterocycles. The van der Waals surface area contributed by atoms with Gasteiger partial charge in [0.25, 0.3) is 0 Å². The molecule has 0 unspecified atom stereocenters. The van der Waals surface area contributed by atoms with E-state index in [0.29, 0.717) is 5.96 Å². The number of aryl methyl sites for hydroxylation is 1. The second kappa shape index (κ2) is 6.12. The number of guanidine groups is 1. The second-order valence-corrected chi connectivity index (χ2v) is 3.73. The van der Waals surface area contributed by atoms with Crippen LogP contribution in [0.25, 0.3) is 0 Å². The zero-order chi connectivity index (χ0) is 12.0. The monoisotopic (exact) mass is 224 g/mol. The van der Waals surface area contributed by atoms with E-state index < -0.39 is 0 Å². The number of aromatic nitrogens is 2. The van der Waals surface area contributed by atoms with E-state index in [9.17, 15) is 0 Å². The summed E-state index contributed by atoms with van der Waals surface area (Å²) in [6.45, 7) is 3.59. The first-order chi connectivity index (χ1) is 7.67. The molecule has 1 rings (SSSR count). The maximum atomic E-state index is 5.43. The number of hydrogen-bond donors (Lipinski definition) is 2. The highest BCUT2D eigenvalue weighted by Crippen LogP contribution is 2.01. The average Bonchev–Trinajstić information content (AvgIpc) is 2.65. The normalized spacial score (nSPS) is 11.6. The first-order valence-corrected chi connectivity index (χ1v) is 5.37. The van der Waals surface area contributed by atoms with Crippen LogP contribution in [0.3, 0.4) is 0 Å². The van der Waals surface area contributed by atoms with Gasteiger partial charge in [0.2, 0.25) is 5.96 Å². The first-order valence-electron chi connectivity index (χ1n) is 5.37. The molecule has 0 saturated heterocycles. The Labute approximate surface area is 96.1 Å². The fraction of sp³-hybridized carbons (Fsp3) is 0.600. The van der Waals surface area contributed by atoms with Gasteiger partial charge in [-0.05, 0) is 6.42 Å². The van der Waals surface area contributed by atoms with E-state index in [1.54, 1.807) is 4.68 Å². The predicted octanol–water partition coefficient (Wildman–Crippen LogP) is 0.0812. The van der Waals surface area contributed by atoms with Crippen LogP contribution in [0, 0.1) is 0 Å². The SMILES string of the molecule is CCCN=C(NN)N(C)Cc1cnn(C)c1. The summed E-state index contributed by atoms with van der Waals surface area (Å²) in [5, 5.41) is 4.12. The lowest BCUT2D eigenvalue weighted by atomic mass is 10.3. The summed E-state index contributed by atoms with van der Waals surface area (Å²) < 4.78 is 1.78. The molecular formula is C10H20N6. The molecule has 0 aromatic carbocycles. The highest BCUT2D eigenvalue weighted by Gasteiger charge is 2.06. The molecule has 0 bridgehead atoms. The summed E-state index contributed by atoms with van der Waals surface area (Å²) in [7, 11) is 3.85. The molecule has 90 valence electrons. The van der Waals surface area contributed by atoms with Crippen LogP contribution in [0.15, 0.2) is 17.4 Å². The molecular weight excluding hydrogens is 204 g/mol. The molecule has 0 aliphatic carbocycles. The van der Waals surface area contributed by atoms with Crippen LogP contribution in [0.4, 0.5) is 0 Å². The standard InChI is InChI=1S/C10H20N6/c1-4-5-12-10(14-11)15(2)7-9-6-13-16(3)8-9/h6,8H,4-5,7,11H2,1-3H3,(H,12,14). The Morgan fingerprint density at radius 3 is 2.94 bits per heavy atom. The Morgan fingerprint density at radius 2 is 2.44 bits per heavy atom. The van der Waals surface area contributed by atoms with Gasteiger partial charge in [0.1, 0.15) is 0 Å². The maximum absolute atomic E-state index is 5.43. The Morgan fingerprint density at radius 1 is 1.69 bits per heavy atom. The largest absolute Gasteiger partial charge is 0.341 e. The first kappa shape index (κ1) is 12.5. The Hall–Kier alpha value is -1.56. The van der Waals surface area contributed by atoms with Crippen molar-refractivity contribution >= 4 is 5.96 Å². The molecule has 1 aromatic rings. The third-order valence-electron chi connectivity index (χ3n) is 2.15. The third kappa shape index (κ3) is 3.54. The van der Waals surface area contributed by atoms with Gasteiger partial charge in [-0.15, -0.1) is 0 Å². The maximum Gasteiger partial charge on any atom is 0.208 e. The number of hydrogen-bond acceptors (Lipinski definition) is 3. The Balaban J connectivity index is 2.58. The lowest BCUT2D eigenvalue weighted by Gasteiger charge is -2.19. The summed E-state index contributed by atoms with van der Waals surface area (Å²) in [6.07, 6.45) is 4.82. The number of nitrogens with zero attached hydrogens (tertiary/aromatic N) is 4. The summed E-state index contributed by atoms with van der Waals surface area (Å²) in [5.74, 6) is 6.13. The van der Waals surface area contributed by atoms with Gasteiger partial charge in [-0.3, -0.25) is 15.1 Å². The molecule has 6 heteroatoms. The highest BCUT2D eigenvalue weighted by atomic mass is 15.4. The van der Waals surface area contributed by atoms with E-state index in [1.807, 2.05) is 31.4 Å². The lowest BCUT2D eigenvalue weighted by Crippen LogP contribution is -2.42. The topological polar surface area (TPSA) is 71.5 Å². The second-order valence-electron chi connectivity index (χ2n) is 3.73. The van der Waals surface area contributed by atoms with Gasteiger partial charge in [-0.25, -0.2) is 5.84 Å². The van der Waals surface area contributed by atoms with E-state index in [-0.39, 0.29) is 0 Å². The van der Waals surface area contributed by atoms with Gasteiger partial charge in [-0.2, -0.15) is 5.10 Å². The molecule has 3 N–H and O–H groups in total. The van der Waals surface area contributed by atoms with Gasteiger partial charge in [0.05, 0.1) is 6.20 Å². The third-order valence-corrected chi connectivity index (χ3v) is 2.15.